The molecule has 2 rings (SSSR count). The van der Waals surface area contributed by atoms with Gasteiger partial charge in [-0.25, -0.2) is 0 Å². The predicted molar refractivity (Wildman–Crippen MR) is 159 cm³/mol. The van der Waals surface area contributed by atoms with E-state index in [0.717, 1.165) is 11.1 Å². The maximum Gasteiger partial charge on any atom is 0.308 e. The highest BCUT2D eigenvalue weighted by atomic mass is 16.6. The summed E-state index contributed by atoms with van der Waals surface area (Å²) >= 11 is 0. The third-order valence-corrected chi connectivity index (χ3v) is 6.58. The van der Waals surface area contributed by atoms with Crippen LogP contribution in [0.3, 0.4) is 0 Å². The Kier molecular flexibility index (Phi) is 13.8. The van der Waals surface area contributed by atoms with Crippen molar-refractivity contribution in [2.75, 3.05) is 19.8 Å². The first kappa shape index (κ1) is 35.1. The molecule has 0 saturated heterocycles. The van der Waals surface area contributed by atoms with Gasteiger partial charge in [0.1, 0.15) is 43.5 Å². The molecule has 0 spiro atoms. The molecule has 0 bridgehead atoms. The number of benzene rings is 2. The quantitative estimate of drug-likeness (QED) is 0.194. The molecule has 0 aliphatic carbocycles. The number of aliphatic hydroxyl groups is 2. The maximum atomic E-state index is 12.2. The van der Waals surface area contributed by atoms with Crippen molar-refractivity contribution in [2.45, 2.75) is 91.8 Å². The van der Waals surface area contributed by atoms with Crippen LogP contribution in [0, 0.1) is 11.8 Å². The van der Waals surface area contributed by atoms with Crippen LogP contribution in [0.2, 0.25) is 0 Å². The average Bonchev–Trinajstić information content (AvgIpc) is 2.93. The molecule has 2 N–H and O–H groups in total. The summed E-state index contributed by atoms with van der Waals surface area (Å²) in [5.41, 5.74) is 1.80. The minimum absolute atomic E-state index is 0.0107. The van der Waals surface area contributed by atoms with Gasteiger partial charge in [0.15, 0.2) is 6.29 Å². The van der Waals surface area contributed by atoms with Crippen molar-refractivity contribution in [1.82, 2.24) is 0 Å². The molecule has 9 heteroatoms. The first-order chi connectivity index (χ1) is 19.7. The number of esters is 2. The van der Waals surface area contributed by atoms with Crippen LogP contribution < -0.4 is 9.47 Å². The van der Waals surface area contributed by atoms with Crippen LogP contribution in [-0.2, 0) is 29.2 Å². The Morgan fingerprint density at radius 2 is 1.26 bits per heavy atom. The summed E-state index contributed by atoms with van der Waals surface area (Å²) in [7, 11) is 0. The lowest BCUT2D eigenvalue weighted by molar-refractivity contribution is -0.178. The van der Waals surface area contributed by atoms with Crippen molar-refractivity contribution in [3.05, 3.63) is 59.7 Å². The minimum atomic E-state index is -1.02. The fraction of sp³-hybridized carbons (Fsp3) is 0.576. The summed E-state index contributed by atoms with van der Waals surface area (Å²) < 4.78 is 27.5. The third kappa shape index (κ3) is 11.6. The van der Waals surface area contributed by atoms with E-state index >= 15 is 0 Å². The Labute approximate surface area is 250 Å². The molecule has 9 nitrogen and oxygen atoms in total. The number of carbonyl (C=O) groups is 2. The fourth-order valence-electron chi connectivity index (χ4n) is 3.87. The largest absolute Gasteiger partial charge is 0.491 e. The third-order valence-electron chi connectivity index (χ3n) is 6.58. The van der Waals surface area contributed by atoms with E-state index in [1.54, 1.807) is 27.7 Å². The van der Waals surface area contributed by atoms with Gasteiger partial charge in [-0.15, -0.1) is 0 Å². The molecule has 234 valence electrons. The number of rotatable bonds is 17. The van der Waals surface area contributed by atoms with Gasteiger partial charge < -0.3 is 33.9 Å². The molecule has 0 fully saturated rings. The Balaban J connectivity index is 1.97. The minimum Gasteiger partial charge on any atom is -0.491 e. The monoisotopic (exact) mass is 588 g/mol. The highest BCUT2D eigenvalue weighted by Gasteiger charge is 2.25. The van der Waals surface area contributed by atoms with E-state index in [0.29, 0.717) is 11.5 Å². The Morgan fingerprint density at radius 3 is 1.71 bits per heavy atom. The van der Waals surface area contributed by atoms with Gasteiger partial charge in [-0.3, -0.25) is 9.59 Å². The van der Waals surface area contributed by atoms with Gasteiger partial charge in [0.25, 0.3) is 0 Å². The van der Waals surface area contributed by atoms with Crippen molar-refractivity contribution in [3.63, 3.8) is 0 Å². The van der Waals surface area contributed by atoms with Crippen molar-refractivity contribution in [1.29, 1.82) is 0 Å². The van der Waals surface area contributed by atoms with Crippen molar-refractivity contribution < 1.29 is 43.5 Å². The Hall–Kier alpha value is -3.14. The van der Waals surface area contributed by atoms with Crippen LogP contribution in [0.1, 0.15) is 72.9 Å². The van der Waals surface area contributed by atoms with E-state index in [4.69, 9.17) is 23.7 Å². The first-order valence-corrected chi connectivity index (χ1v) is 14.5. The summed E-state index contributed by atoms with van der Waals surface area (Å²) in [6, 6.07) is 15.3. The van der Waals surface area contributed by atoms with E-state index in [-0.39, 0.29) is 55.6 Å². The lowest BCUT2D eigenvalue weighted by Gasteiger charge is -2.27. The Bertz CT molecular complexity index is 1090. The summed E-state index contributed by atoms with van der Waals surface area (Å²) in [5, 5.41) is 20.2. The second kappa shape index (κ2) is 16.5. The van der Waals surface area contributed by atoms with Gasteiger partial charge >= 0.3 is 11.9 Å². The predicted octanol–water partition coefficient (Wildman–Crippen LogP) is 5.03. The molecule has 0 saturated carbocycles. The van der Waals surface area contributed by atoms with E-state index in [1.165, 1.54) is 0 Å². The molecule has 0 aliphatic heterocycles. The van der Waals surface area contributed by atoms with E-state index < -0.39 is 24.5 Å². The van der Waals surface area contributed by atoms with Gasteiger partial charge in [0.2, 0.25) is 0 Å². The zero-order chi connectivity index (χ0) is 31.4. The highest BCUT2D eigenvalue weighted by Crippen LogP contribution is 2.33. The van der Waals surface area contributed by atoms with Crippen molar-refractivity contribution in [2.24, 2.45) is 11.8 Å². The second-order valence-electron chi connectivity index (χ2n) is 11.9. The topological polar surface area (TPSA) is 121 Å². The van der Waals surface area contributed by atoms with Crippen LogP contribution in [-0.4, -0.2) is 66.6 Å². The van der Waals surface area contributed by atoms with E-state index in [9.17, 15) is 19.8 Å². The number of hydrogen-bond acceptors (Lipinski definition) is 9. The standard InChI is InChI=1S/C33H48O9/c1-21(2)31(36)40-19-26(34)18-38-27-13-9-24(10-14-27)33(7,8)25-11-15-28(16-12-25)39-20-29(42-32(37)22(3)4)17-30(35)41-23(5)6/h9-16,21-23,26,29,32,34,37H,17-20H2,1-8H3. The fourth-order valence-corrected chi connectivity index (χ4v) is 3.87. The average molecular weight is 589 g/mol. The molecule has 0 heterocycles. The molecule has 0 radical (unpaired) electrons. The lowest BCUT2D eigenvalue weighted by atomic mass is 9.78. The van der Waals surface area contributed by atoms with Gasteiger partial charge in [0, 0.05) is 11.3 Å². The number of hydrogen-bond donors (Lipinski definition) is 2. The molecule has 42 heavy (non-hydrogen) atoms. The molecule has 3 unspecified atom stereocenters. The summed E-state index contributed by atoms with van der Waals surface area (Å²) in [6.07, 6.45) is -2.88. The number of carbonyl (C=O) groups excluding carboxylic acids is 2. The Morgan fingerprint density at radius 1 is 0.762 bits per heavy atom. The van der Waals surface area contributed by atoms with Crippen LogP contribution in [0.5, 0.6) is 11.5 Å². The first-order valence-electron chi connectivity index (χ1n) is 14.5. The van der Waals surface area contributed by atoms with Crippen LogP contribution in [0.15, 0.2) is 48.5 Å². The molecule has 2 aromatic carbocycles. The van der Waals surface area contributed by atoms with Crippen LogP contribution in [0.4, 0.5) is 0 Å². The van der Waals surface area contributed by atoms with Crippen LogP contribution >= 0.6 is 0 Å². The second-order valence-corrected chi connectivity index (χ2v) is 11.9. The molecule has 0 aromatic heterocycles. The zero-order valence-corrected chi connectivity index (χ0v) is 26.2. The normalized spacial score (nSPS) is 14.0. The molecule has 3 atom stereocenters. The van der Waals surface area contributed by atoms with Gasteiger partial charge in [-0.1, -0.05) is 65.8 Å². The number of ether oxygens (including phenoxy) is 5. The molecule has 0 aliphatic rings. The smallest absolute Gasteiger partial charge is 0.308 e. The SMILES string of the molecule is CC(C)OC(=O)CC(COc1ccc(C(C)(C)c2ccc(OCC(O)COC(=O)C(C)C)cc2)cc1)OC(O)C(C)C. The molecular formula is C33H48O9. The number of aliphatic hydroxyl groups excluding tert-OH is 2. The van der Waals surface area contributed by atoms with Gasteiger partial charge in [-0.05, 0) is 49.2 Å². The van der Waals surface area contributed by atoms with Gasteiger partial charge in [0.05, 0.1) is 18.4 Å². The van der Waals surface area contributed by atoms with E-state index in [2.05, 4.69) is 13.8 Å². The molecule has 2 aromatic rings. The van der Waals surface area contributed by atoms with Crippen molar-refractivity contribution in [3.8, 4) is 11.5 Å². The summed E-state index contributed by atoms with van der Waals surface area (Å²) in [5.74, 6) is 0.0598. The molecular weight excluding hydrogens is 540 g/mol. The summed E-state index contributed by atoms with van der Waals surface area (Å²) in [6.45, 7) is 14.9. The van der Waals surface area contributed by atoms with Crippen LogP contribution in [0.25, 0.3) is 0 Å². The van der Waals surface area contributed by atoms with E-state index in [1.807, 2.05) is 62.4 Å². The van der Waals surface area contributed by atoms with Crippen molar-refractivity contribution >= 4 is 11.9 Å². The maximum absolute atomic E-state index is 12.2. The highest BCUT2D eigenvalue weighted by molar-refractivity contribution is 5.71. The summed E-state index contributed by atoms with van der Waals surface area (Å²) in [4.78, 5) is 23.8. The lowest BCUT2D eigenvalue weighted by Crippen LogP contribution is -2.33. The molecule has 0 amide bonds. The van der Waals surface area contributed by atoms with Gasteiger partial charge in [-0.2, -0.15) is 0 Å². The zero-order valence-electron chi connectivity index (χ0n) is 26.2.